The van der Waals surface area contributed by atoms with E-state index in [2.05, 4.69) is 26.5 Å². The molecule has 0 aliphatic carbocycles. The number of carboxylic acid groups (broad SMARTS) is 4. The molecule has 4 aliphatic heterocycles. The lowest BCUT2D eigenvalue weighted by molar-refractivity contribution is -0.139. The van der Waals surface area contributed by atoms with E-state index in [1.54, 1.807) is 0 Å². The van der Waals surface area contributed by atoms with Crippen LogP contribution in [0.15, 0.2) is 0 Å². The Morgan fingerprint density at radius 1 is 0.295 bits per heavy atom. The highest BCUT2D eigenvalue weighted by atomic mass is 16.4. The van der Waals surface area contributed by atoms with Crippen LogP contribution in [0, 0.1) is 0 Å². The Morgan fingerprint density at radius 3 is 0.705 bits per heavy atom. The largest absolute Gasteiger partial charge is 0.481 e. The molecule has 0 bridgehead atoms. The molecule has 4 fully saturated rings. The summed E-state index contributed by atoms with van der Waals surface area (Å²) in [4.78, 5) is 62.3. The van der Waals surface area contributed by atoms with Crippen molar-refractivity contribution in [1.29, 1.82) is 0 Å². The molecule has 14 heteroatoms. The number of aliphatic carboxylic acids is 4. The van der Waals surface area contributed by atoms with Crippen molar-refractivity contribution < 1.29 is 49.8 Å². The molecule has 14 nitrogen and oxygen atoms in total. The standard InChI is InChI=1S/C74H138N4O10/c1-2-71(49-42-67(81)82,75-57-31-23-15-7-3-8-16-24-32-58-75)53-54-73(51-44-69(85)86,77-61-35-27-19-11-5-12-20-28-36-62-77)47-40-66(80)41-48-74(52-45-70(87)88,78-63-37-29-21-13-6-14-22-30-38-64-78)56-55-72(46-39-65-79,50-43-68(83)84)76-59-33-25-17-9-4-10-18-26-34-60-76/h66,79-80H,2-65H2,1H3,(H,81,82)(H,83,84)(H,85,86)(H,87,88). The maximum absolute atomic E-state index is 13.1. The monoisotopic (exact) mass is 1240 g/mol. The number of hydrogen-bond acceptors (Lipinski definition) is 10. The summed E-state index contributed by atoms with van der Waals surface area (Å²) in [6.07, 6.45) is 50.7. The SMILES string of the molecule is CCC(CCC(=O)O)(CCC(CCC(=O)O)(CCC(O)CCC(CCC(=O)O)(CCC(CCCO)(CCC(=O)O)N1CCCCCCCCCCC1)N1CCCCCCCCCCC1)N1CCCCCCCCCCC1)N1CCCCCCCCCCC1. The molecule has 0 aromatic rings. The van der Waals surface area contributed by atoms with Crippen molar-refractivity contribution in [1.82, 2.24) is 19.6 Å². The van der Waals surface area contributed by atoms with E-state index in [-0.39, 0.29) is 37.8 Å². The second-order valence-electron chi connectivity index (χ2n) is 29.1. The Morgan fingerprint density at radius 2 is 0.489 bits per heavy atom. The smallest absolute Gasteiger partial charge is 0.303 e. The molecule has 0 aromatic carbocycles. The fourth-order valence-electron chi connectivity index (χ4n) is 17.0. The zero-order valence-corrected chi connectivity index (χ0v) is 56.9. The van der Waals surface area contributed by atoms with Crippen LogP contribution in [0.1, 0.15) is 360 Å². The van der Waals surface area contributed by atoms with Gasteiger partial charge in [-0.05, 0) is 200 Å². The second-order valence-corrected chi connectivity index (χ2v) is 29.1. The highest BCUT2D eigenvalue weighted by Gasteiger charge is 2.45. The van der Waals surface area contributed by atoms with Gasteiger partial charge in [0.05, 0.1) is 6.10 Å². The van der Waals surface area contributed by atoms with Crippen LogP contribution >= 0.6 is 0 Å². The molecular weight excluding hydrogens is 1100 g/mol. The molecule has 0 spiro atoms. The van der Waals surface area contributed by atoms with Gasteiger partial charge in [0.25, 0.3) is 0 Å². The van der Waals surface area contributed by atoms with Gasteiger partial charge in [0.1, 0.15) is 0 Å². The average molecular weight is 1240 g/mol. The maximum Gasteiger partial charge on any atom is 0.303 e. The molecule has 0 radical (unpaired) electrons. The Kier molecular flexibility index (Phi) is 41.4. The molecule has 0 amide bonds. The summed E-state index contributed by atoms with van der Waals surface area (Å²) in [6.45, 7) is 9.38. The Balaban J connectivity index is 1.86. The minimum atomic E-state index is -0.826. The van der Waals surface area contributed by atoms with Crippen molar-refractivity contribution in [2.24, 2.45) is 0 Å². The van der Waals surface area contributed by atoms with Crippen molar-refractivity contribution in [2.75, 3.05) is 59.0 Å². The number of rotatable bonds is 32. The number of aliphatic hydroxyl groups excluding tert-OH is 2. The zero-order valence-electron chi connectivity index (χ0n) is 56.9. The second kappa shape index (κ2) is 46.7. The predicted octanol–water partition coefficient (Wildman–Crippen LogP) is 17.4. The summed E-state index contributed by atoms with van der Waals surface area (Å²) in [5, 5.41) is 65.9. The third-order valence-corrected chi connectivity index (χ3v) is 22.8. The molecule has 4 rings (SSSR count). The van der Waals surface area contributed by atoms with Crippen molar-refractivity contribution in [2.45, 2.75) is 388 Å². The third-order valence-electron chi connectivity index (χ3n) is 22.8. The molecule has 5 unspecified atom stereocenters. The zero-order chi connectivity index (χ0) is 63.5. The van der Waals surface area contributed by atoms with Gasteiger partial charge in [-0.15, -0.1) is 0 Å². The van der Waals surface area contributed by atoms with Gasteiger partial charge < -0.3 is 30.6 Å². The van der Waals surface area contributed by atoms with E-state index in [4.69, 9.17) is 0 Å². The highest BCUT2D eigenvalue weighted by molar-refractivity contribution is 5.67. The first-order valence-electron chi connectivity index (χ1n) is 37.9. The molecular formula is C74H138N4O10. The van der Waals surface area contributed by atoms with Crippen LogP contribution in [-0.2, 0) is 19.2 Å². The van der Waals surface area contributed by atoms with Crippen LogP contribution in [0.3, 0.4) is 0 Å². The molecule has 88 heavy (non-hydrogen) atoms. The fraction of sp³-hybridized carbons (Fsp3) is 0.946. The number of nitrogens with zero attached hydrogens (tertiary/aromatic N) is 4. The summed E-state index contributed by atoms with van der Waals surface area (Å²) in [7, 11) is 0. The molecule has 4 saturated heterocycles. The normalized spacial score (nSPS) is 23.3. The van der Waals surface area contributed by atoms with Crippen molar-refractivity contribution in [3.63, 3.8) is 0 Å². The summed E-state index contributed by atoms with van der Waals surface area (Å²) >= 11 is 0. The molecule has 514 valence electrons. The topological polar surface area (TPSA) is 203 Å². The summed E-state index contributed by atoms with van der Waals surface area (Å²) < 4.78 is 0. The van der Waals surface area contributed by atoms with Gasteiger partial charge in [-0.25, -0.2) is 0 Å². The van der Waals surface area contributed by atoms with Gasteiger partial charge in [-0.1, -0.05) is 187 Å². The average Bonchev–Trinajstić information content (AvgIpc) is 2.78. The predicted molar refractivity (Wildman–Crippen MR) is 360 cm³/mol. The van der Waals surface area contributed by atoms with Crippen LogP contribution < -0.4 is 0 Å². The lowest BCUT2D eigenvalue weighted by atomic mass is 9.73. The number of hydrogen-bond donors (Lipinski definition) is 6. The van der Waals surface area contributed by atoms with Gasteiger partial charge in [-0.2, -0.15) is 0 Å². The molecule has 4 heterocycles. The number of carboxylic acids is 4. The van der Waals surface area contributed by atoms with E-state index in [1.807, 2.05) is 0 Å². The lowest BCUT2D eigenvalue weighted by Gasteiger charge is -2.51. The molecule has 0 saturated carbocycles. The van der Waals surface area contributed by atoms with E-state index in [1.165, 1.54) is 141 Å². The Labute approximate surface area is 538 Å². The quantitative estimate of drug-likeness (QED) is 0.0371. The van der Waals surface area contributed by atoms with E-state index in [0.717, 1.165) is 162 Å². The first-order valence-corrected chi connectivity index (χ1v) is 37.9. The summed E-state index contributed by atoms with van der Waals surface area (Å²) in [5.41, 5.74) is -2.00. The number of carbonyl (C=O) groups is 4. The van der Waals surface area contributed by atoms with Crippen LogP contribution in [0.5, 0.6) is 0 Å². The van der Waals surface area contributed by atoms with Crippen LogP contribution in [0.4, 0.5) is 0 Å². The van der Waals surface area contributed by atoms with E-state index < -0.39 is 46.6 Å². The molecule has 5 atom stereocenters. The van der Waals surface area contributed by atoms with Gasteiger partial charge in [0.15, 0.2) is 0 Å². The van der Waals surface area contributed by atoms with Crippen molar-refractivity contribution in [3.05, 3.63) is 0 Å². The fourth-order valence-corrected chi connectivity index (χ4v) is 17.0. The van der Waals surface area contributed by atoms with Gasteiger partial charge in [0, 0.05) is 54.4 Å². The van der Waals surface area contributed by atoms with E-state index in [9.17, 15) is 49.8 Å². The van der Waals surface area contributed by atoms with Crippen molar-refractivity contribution >= 4 is 23.9 Å². The minimum absolute atomic E-state index is 0.000406. The van der Waals surface area contributed by atoms with Gasteiger partial charge >= 0.3 is 23.9 Å². The number of aliphatic hydroxyl groups is 2. The van der Waals surface area contributed by atoms with E-state index >= 15 is 0 Å². The summed E-state index contributed by atoms with van der Waals surface area (Å²) in [5.74, 6) is -3.22. The Hall–Kier alpha value is -2.36. The lowest BCUT2D eigenvalue weighted by Crippen LogP contribution is -2.55. The maximum atomic E-state index is 13.1. The van der Waals surface area contributed by atoms with Gasteiger partial charge in [-0.3, -0.25) is 38.8 Å². The van der Waals surface area contributed by atoms with Crippen molar-refractivity contribution in [3.8, 4) is 0 Å². The Bertz CT molecular complexity index is 1780. The minimum Gasteiger partial charge on any atom is -0.481 e. The van der Waals surface area contributed by atoms with Crippen LogP contribution in [0.2, 0.25) is 0 Å². The third kappa shape index (κ3) is 31.0. The highest BCUT2D eigenvalue weighted by Crippen LogP contribution is 2.44. The molecule has 6 N–H and O–H groups in total. The summed E-state index contributed by atoms with van der Waals surface area (Å²) in [6, 6.07) is 0. The van der Waals surface area contributed by atoms with E-state index in [0.29, 0.717) is 77.0 Å². The van der Waals surface area contributed by atoms with Crippen LogP contribution in [-0.4, -0.2) is 161 Å². The molecule has 0 aromatic heterocycles. The first kappa shape index (κ1) is 78.1. The first-order chi connectivity index (χ1) is 42.7. The van der Waals surface area contributed by atoms with Crippen LogP contribution in [0.25, 0.3) is 0 Å². The molecule has 4 aliphatic rings. The van der Waals surface area contributed by atoms with Gasteiger partial charge in [0.2, 0.25) is 0 Å².